The second-order valence-electron chi connectivity index (χ2n) is 4.52. The normalized spacial score (nSPS) is 20.3. The number of rotatable bonds is 3. The molecule has 1 aliphatic heterocycles. The third-order valence-corrected chi connectivity index (χ3v) is 4.21. The molecule has 1 saturated heterocycles. The smallest absolute Gasteiger partial charge is 0.341 e. The number of aromatic nitrogens is 2. The van der Waals surface area contributed by atoms with Crippen molar-refractivity contribution < 1.29 is 9.53 Å². The van der Waals surface area contributed by atoms with Crippen molar-refractivity contribution >= 4 is 17.7 Å². The van der Waals surface area contributed by atoms with Gasteiger partial charge in [0.1, 0.15) is 5.82 Å². The number of esters is 1. The SMILES string of the molecule is CCOC(=O)c1cnc(C2CSCCN2C)nc1C. The van der Waals surface area contributed by atoms with E-state index < -0.39 is 0 Å². The monoisotopic (exact) mass is 281 g/mol. The molecule has 2 rings (SSSR count). The van der Waals surface area contributed by atoms with E-state index in [0.29, 0.717) is 17.9 Å². The van der Waals surface area contributed by atoms with Crippen molar-refractivity contribution in [2.24, 2.45) is 0 Å². The highest BCUT2D eigenvalue weighted by molar-refractivity contribution is 7.99. The van der Waals surface area contributed by atoms with Gasteiger partial charge in [0, 0.05) is 24.2 Å². The van der Waals surface area contributed by atoms with Gasteiger partial charge in [0.15, 0.2) is 0 Å². The summed E-state index contributed by atoms with van der Waals surface area (Å²) in [4.78, 5) is 22.8. The zero-order valence-electron chi connectivity index (χ0n) is 11.5. The minimum atomic E-state index is -0.349. The molecule has 0 saturated carbocycles. The highest BCUT2D eigenvalue weighted by Crippen LogP contribution is 2.26. The first kappa shape index (κ1) is 14.3. The number of hydrogen-bond donors (Lipinski definition) is 0. The van der Waals surface area contributed by atoms with Crippen molar-refractivity contribution in [2.45, 2.75) is 19.9 Å². The topological polar surface area (TPSA) is 55.3 Å². The summed E-state index contributed by atoms with van der Waals surface area (Å²) in [7, 11) is 2.09. The predicted octanol–water partition coefficient (Wildman–Crippen LogP) is 1.68. The Morgan fingerprint density at radius 2 is 2.42 bits per heavy atom. The molecule has 19 heavy (non-hydrogen) atoms. The highest BCUT2D eigenvalue weighted by Gasteiger charge is 2.24. The summed E-state index contributed by atoms with van der Waals surface area (Å²) in [6.45, 7) is 5.02. The van der Waals surface area contributed by atoms with Crippen LogP contribution < -0.4 is 0 Å². The average Bonchev–Trinajstić information content (AvgIpc) is 2.39. The molecule has 104 valence electrons. The lowest BCUT2D eigenvalue weighted by Gasteiger charge is -2.30. The minimum absolute atomic E-state index is 0.230. The lowest BCUT2D eigenvalue weighted by molar-refractivity contribution is 0.0524. The van der Waals surface area contributed by atoms with E-state index in [9.17, 15) is 4.79 Å². The van der Waals surface area contributed by atoms with Crippen LogP contribution in [0.4, 0.5) is 0 Å². The van der Waals surface area contributed by atoms with Gasteiger partial charge < -0.3 is 4.74 Å². The molecule has 0 amide bonds. The van der Waals surface area contributed by atoms with Crippen LogP contribution in [0.15, 0.2) is 6.20 Å². The van der Waals surface area contributed by atoms with Crippen LogP contribution >= 0.6 is 11.8 Å². The second kappa shape index (κ2) is 6.34. The molecule has 1 aromatic heterocycles. The van der Waals surface area contributed by atoms with Crippen molar-refractivity contribution in [3.63, 3.8) is 0 Å². The Morgan fingerprint density at radius 1 is 1.63 bits per heavy atom. The van der Waals surface area contributed by atoms with E-state index in [1.54, 1.807) is 13.1 Å². The van der Waals surface area contributed by atoms with Gasteiger partial charge in [-0.2, -0.15) is 11.8 Å². The Bertz CT molecular complexity index is 467. The van der Waals surface area contributed by atoms with E-state index in [-0.39, 0.29) is 12.0 Å². The first-order valence-corrected chi connectivity index (χ1v) is 7.57. The molecule has 1 fully saturated rings. The second-order valence-corrected chi connectivity index (χ2v) is 5.67. The molecular weight excluding hydrogens is 262 g/mol. The van der Waals surface area contributed by atoms with Gasteiger partial charge in [0.2, 0.25) is 0 Å². The number of hydrogen-bond acceptors (Lipinski definition) is 6. The van der Waals surface area contributed by atoms with Gasteiger partial charge in [-0.1, -0.05) is 0 Å². The third-order valence-electron chi connectivity index (χ3n) is 3.19. The molecule has 5 nitrogen and oxygen atoms in total. The molecule has 0 aliphatic carbocycles. The molecule has 0 aromatic carbocycles. The summed E-state index contributed by atoms with van der Waals surface area (Å²) >= 11 is 1.91. The summed E-state index contributed by atoms with van der Waals surface area (Å²) in [6.07, 6.45) is 1.59. The molecular formula is C13H19N3O2S. The maximum atomic E-state index is 11.7. The first-order chi connectivity index (χ1) is 9.13. The van der Waals surface area contributed by atoms with Crippen LogP contribution in [0.5, 0.6) is 0 Å². The van der Waals surface area contributed by atoms with Crippen LogP contribution in [-0.4, -0.2) is 52.5 Å². The molecule has 1 aromatic rings. The highest BCUT2D eigenvalue weighted by atomic mass is 32.2. The molecule has 0 radical (unpaired) electrons. The van der Waals surface area contributed by atoms with Gasteiger partial charge in [-0.15, -0.1) is 0 Å². The molecule has 0 N–H and O–H groups in total. The van der Waals surface area contributed by atoms with Crippen molar-refractivity contribution in [1.29, 1.82) is 0 Å². The zero-order chi connectivity index (χ0) is 13.8. The fourth-order valence-corrected chi connectivity index (χ4v) is 3.22. The van der Waals surface area contributed by atoms with Crippen LogP contribution in [0.2, 0.25) is 0 Å². The van der Waals surface area contributed by atoms with Gasteiger partial charge >= 0.3 is 5.97 Å². The van der Waals surface area contributed by atoms with Gasteiger partial charge in [0.25, 0.3) is 0 Å². The number of aryl methyl sites for hydroxylation is 1. The van der Waals surface area contributed by atoms with E-state index in [1.165, 1.54) is 0 Å². The zero-order valence-corrected chi connectivity index (χ0v) is 12.4. The van der Waals surface area contributed by atoms with E-state index in [2.05, 4.69) is 21.9 Å². The Hall–Kier alpha value is -1.14. The fourth-order valence-electron chi connectivity index (χ4n) is 2.01. The summed E-state index contributed by atoms with van der Waals surface area (Å²) in [5.74, 6) is 2.58. The lowest BCUT2D eigenvalue weighted by atomic mass is 10.2. The fraction of sp³-hybridized carbons (Fsp3) is 0.615. The molecule has 1 aliphatic rings. The minimum Gasteiger partial charge on any atom is -0.462 e. The van der Waals surface area contributed by atoms with Gasteiger partial charge in [0.05, 0.1) is 23.9 Å². The van der Waals surface area contributed by atoms with Crippen LogP contribution in [-0.2, 0) is 4.74 Å². The molecule has 0 spiro atoms. The maximum absolute atomic E-state index is 11.7. The van der Waals surface area contributed by atoms with Crippen molar-refractivity contribution in [2.75, 3.05) is 31.7 Å². The molecule has 6 heteroatoms. The standard InChI is InChI=1S/C13H19N3O2S/c1-4-18-13(17)10-7-14-12(15-9(10)2)11-8-19-6-5-16(11)3/h7,11H,4-6,8H2,1-3H3. The Labute approximate surface area is 117 Å². The maximum Gasteiger partial charge on any atom is 0.341 e. The number of carbonyl (C=O) groups excluding carboxylic acids is 1. The molecule has 2 heterocycles. The van der Waals surface area contributed by atoms with Crippen LogP contribution in [0.3, 0.4) is 0 Å². The summed E-state index contributed by atoms with van der Waals surface area (Å²) < 4.78 is 4.98. The lowest BCUT2D eigenvalue weighted by Crippen LogP contribution is -2.34. The predicted molar refractivity (Wildman–Crippen MR) is 75.4 cm³/mol. The summed E-state index contributed by atoms with van der Waals surface area (Å²) in [6, 6.07) is 0.230. The van der Waals surface area contributed by atoms with Gasteiger partial charge in [-0.25, -0.2) is 14.8 Å². The molecule has 0 bridgehead atoms. The third kappa shape index (κ3) is 3.25. The van der Waals surface area contributed by atoms with Crippen LogP contribution in [0.1, 0.15) is 34.8 Å². The molecule has 1 atom stereocenters. The number of thioether (sulfide) groups is 1. The average molecular weight is 281 g/mol. The Morgan fingerprint density at radius 3 is 3.05 bits per heavy atom. The number of nitrogens with zero attached hydrogens (tertiary/aromatic N) is 3. The van der Waals surface area contributed by atoms with Crippen molar-refractivity contribution in [3.8, 4) is 0 Å². The van der Waals surface area contributed by atoms with E-state index in [4.69, 9.17) is 4.74 Å². The van der Waals surface area contributed by atoms with Crippen molar-refractivity contribution in [1.82, 2.24) is 14.9 Å². The van der Waals surface area contributed by atoms with Crippen molar-refractivity contribution in [3.05, 3.63) is 23.3 Å². The number of ether oxygens (including phenoxy) is 1. The molecule has 1 unspecified atom stereocenters. The summed E-state index contributed by atoms with van der Waals surface area (Å²) in [5, 5.41) is 0. The largest absolute Gasteiger partial charge is 0.462 e. The summed E-state index contributed by atoms with van der Waals surface area (Å²) in [5.41, 5.74) is 1.14. The Kier molecular flexibility index (Phi) is 4.76. The van der Waals surface area contributed by atoms with Crippen LogP contribution in [0.25, 0.3) is 0 Å². The van der Waals surface area contributed by atoms with E-state index in [1.807, 2.05) is 18.7 Å². The van der Waals surface area contributed by atoms with Gasteiger partial charge in [-0.3, -0.25) is 4.90 Å². The number of carbonyl (C=O) groups is 1. The van der Waals surface area contributed by atoms with Crippen LogP contribution in [0, 0.1) is 6.92 Å². The van der Waals surface area contributed by atoms with E-state index in [0.717, 1.165) is 23.9 Å². The quantitative estimate of drug-likeness (QED) is 0.786. The Balaban J connectivity index is 2.20. The van der Waals surface area contributed by atoms with E-state index >= 15 is 0 Å². The first-order valence-electron chi connectivity index (χ1n) is 6.42. The van der Waals surface area contributed by atoms with Gasteiger partial charge in [-0.05, 0) is 20.9 Å².